The minimum Gasteiger partial charge on any atom is -0.326 e. The fourth-order valence-corrected chi connectivity index (χ4v) is 4.14. The van der Waals surface area contributed by atoms with Gasteiger partial charge >= 0.3 is 0 Å². The van der Waals surface area contributed by atoms with Crippen LogP contribution in [0.25, 0.3) is 0 Å². The summed E-state index contributed by atoms with van der Waals surface area (Å²) in [6.07, 6.45) is 0.114. The Morgan fingerprint density at radius 3 is 2.24 bits per heavy atom. The monoisotopic (exact) mass is 465 g/mol. The molecule has 2 N–H and O–H groups in total. The molecule has 33 heavy (non-hydrogen) atoms. The molecule has 0 saturated carbocycles. The predicted octanol–water partition coefficient (Wildman–Crippen LogP) is 4.95. The first-order chi connectivity index (χ1) is 15.8. The minimum atomic E-state index is -0.153. The molecule has 3 rings (SSSR count). The van der Waals surface area contributed by atoms with Gasteiger partial charge in [0.2, 0.25) is 11.8 Å². The van der Waals surface area contributed by atoms with E-state index >= 15 is 0 Å². The second-order valence-corrected chi connectivity index (χ2v) is 9.22. The van der Waals surface area contributed by atoms with Gasteiger partial charge in [0.15, 0.2) is 5.16 Å². The van der Waals surface area contributed by atoms with Crippen LogP contribution in [-0.2, 0) is 22.6 Å². The van der Waals surface area contributed by atoms with Crippen LogP contribution >= 0.6 is 11.8 Å². The molecule has 0 aliphatic rings. The predicted molar refractivity (Wildman–Crippen MR) is 134 cm³/mol. The first kappa shape index (κ1) is 24.5. The standard InChI is InChI=1S/C25H31N5O2S/c1-6-30-22(14-23(31)27-21-10-7-17(4)18(5)13-21)28-29-25(30)33-15-24(32)26-20-11-8-19(9-12-20)16(2)3/h7-13,16H,6,14-15H2,1-5H3,(H,26,32)(H,27,31). The van der Waals surface area contributed by atoms with Gasteiger partial charge in [-0.25, -0.2) is 0 Å². The number of hydrogen-bond donors (Lipinski definition) is 2. The van der Waals surface area contributed by atoms with E-state index in [-0.39, 0.29) is 24.0 Å². The van der Waals surface area contributed by atoms with Gasteiger partial charge in [-0.2, -0.15) is 0 Å². The Morgan fingerprint density at radius 1 is 0.939 bits per heavy atom. The lowest BCUT2D eigenvalue weighted by molar-refractivity contribution is -0.116. The highest BCUT2D eigenvalue weighted by Gasteiger charge is 2.16. The summed E-state index contributed by atoms with van der Waals surface area (Å²) in [6.45, 7) is 10.9. The van der Waals surface area contributed by atoms with Crippen LogP contribution in [0.1, 0.15) is 49.2 Å². The maximum absolute atomic E-state index is 12.5. The summed E-state index contributed by atoms with van der Waals surface area (Å²) in [6, 6.07) is 13.7. The fraction of sp³-hybridized carbons (Fsp3) is 0.360. The third kappa shape index (κ3) is 6.68. The second-order valence-electron chi connectivity index (χ2n) is 8.28. The maximum Gasteiger partial charge on any atom is 0.234 e. The van der Waals surface area contributed by atoms with E-state index in [1.54, 1.807) is 0 Å². The van der Waals surface area contributed by atoms with Gasteiger partial charge in [0.25, 0.3) is 0 Å². The zero-order valence-electron chi connectivity index (χ0n) is 19.8. The normalized spacial score (nSPS) is 11.0. The topological polar surface area (TPSA) is 88.9 Å². The van der Waals surface area contributed by atoms with Crippen molar-refractivity contribution in [3.63, 3.8) is 0 Å². The number of thioether (sulfide) groups is 1. The average Bonchev–Trinajstić information content (AvgIpc) is 3.16. The van der Waals surface area contributed by atoms with Crippen LogP contribution in [0.15, 0.2) is 47.6 Å². The van der Waals surface area contributed by atoms with Crippen LogP contribution < -0.4 is 10.6 Å². The highest BCUT2D eigenvalue weighted by molar-refractivity contribution is 7.99. The van der Waals surface area contributed by atoms with Crippen molar-refractivity contribution in [3.05, 3.63) is 65.0 Å². The van der Waals surface area contributed by atoms with E-state index in [1.165, 1.54) is 22.9 Å². The third-order valence-electron chi connectivity index (χ3n) is 5.41. The molecule has 1 heterocycles. The molecule has 0 unspecified atom stereocenters. The minimum absolute atomic E-state index is 0.114. The highest BCUT2D eigenvalue weighted by atomic mass is 32.2. The molecule has 0 atom stereocenters. The molecule has 0 fully saturated rings. The Balaban J connectivity index is 1.56. The molecule has 0 aliphatic heterocycles. The van der Waals surface area contributed by atoms with Crippen LogP contribution in [0, 0.1) is 13.8 Å². The van der Waals surface area contributed by atoms with Gasteiger partial charge in [-0.1, -0.05) is 43.8 Å². The lowest BCUT2D eigenvalue weighted by atomic mass is 10.0. The molecule has 8 heteroatoms. The SMILES string of the molecule is CCn1c(CC(=O)Nc2ccc(C)c(C)c2)nnc1SCC(=O)Nc1ccc(C(C)C)cc1. The molecule has 0 aliphatic carbocycles. The molecule has 0 bridgehead atoms. The fourth-order valence-electron chi connectivity index (χ4n) is 3.32. The molecular weight excluding hydrogens is 434 g/mol. The van der Waals surface area contributed by atoms with Crippen LogP contribution in [-0.4, -0.2) is 32.3 Å². The molecule has 2 amide bonds. The lowest BCUT2D eigenvalue weighted by Crippen LogP contribution is -2.18. The van der Waals surface area contributed by atoms with E-state index in [1.807, 2.05) is 67.8 Å². The summed E-state index contributed by atoms with van der Waals surface area (Å²) in [7, 11) is 0. The Labute approximate surface area is 199 Å². The molecule has 2 aromatic carbocycles. The number of carbonyl (C=O) groups excluding carboxylic acids is 2. The Hall–Kier alpha value is -3.13. The van der Waals surface area contributed by atoms with Gasteiger partial charge in [0.05, 0.1) is 12.2 Å². The van der Waals surface area contributed by atoms with Crippen LogP contribution in [0.5, 0.6) is 0 Å². The zero-order chi connectivity index (χ0) is 24.0. The van der Waals surface area contributed by atoms with Crippen LogP contribution in [0.3, 0.4) is 0 Å². The van der Waals surface area contributed by atoms with Crippen molar-refractivity contribution in [1.29, 1.82) is 0 Å². The molecule has 7 nitrogen and oxygen atoms in total. The van der Waals surface area contributed by atoms with Gasteiger partial charge in [-0.3, -0.25) is 9.59 Å². The summed E-state index contributed by atoms with van der Waals surface area (Å²) >= 11 is 1.31. The maximum atomic E-state index is 12.5. The molecule has 0 spiro atoms. The van der Waals surface area contributed by atoms with Gasteiger partial charge in [-0.05, 0) is 67.6 Å². The van der Waals surface area contributed by atoms with Gasteiger partial charge in [0, 0.05) is 17.9 Å². The zero-order valence-corrected chi connectivity index (χ0v) is 20.6. The van der Waals surface area contributed by atoms with Crippen molar-refractivity contribution in [2.24, 2.45) is 0 Å². The van der Waals surface area contributed by atoms with Crippen molar-refractivity contribution in [3.8, 4) is 0 Å². The van der Waals surface area contributed by atoms with E-state index in [4.69, 9.17) is 0 Å². The number of nitrogens with zero attached hydrogens (tertiary/aromatic N) is 3. The number of aromatic nitrogens is 3. The summed E-state index contributed by atoms with van der Waals surface area (Å²) < 4.78 is 1.87. The molecule has 174 valence electrons. The Morgan fingerprint density at radius 2 is 1.61 bits per heavy atom. The quantitative estimate of drug-likeness (QED) is 0.437. The first-order valence-electron chi connectivity index (χ1n) is 11.1. The van der Waals surface area contributed by atoms with Crippen LogP contribution in [0.2, 0.25) is 0 Å². The molecule has 0 radical (unpaired) electrons. The largest absolute Gasteiger partial charge is 0.326 e. The van der Waals surface area contributed by atoms with Crippen molar-refractivity contribution < 1.29 is 9.59 Å². The number of rotatable bonds is 9. The average molecular weight is 466 g/mol. The number of aryl methyl sites for hydroxylation is 2. The van der Waals surface area contributed by atoms with E-state index in [9.17, 15) is 9.59 Å². The van der Waals surface area contributed by atoms with Crippen molar-refractivity contribution in [1.82, 2.24) is 14.8 Å². The molecule has 1 aromatic heterocycles. The number of amides is 2. The van der Waals surface area contributed by atoms with Crippen LogP contribution in [0.4, 0.5) is 11.4 Å². The highest BCUT2D eigenvalue weighted by Crippen LogP contribution is 2.20. The van der Waals surface area contributed by atoms with E-state index in [0.29, 0.717) is 23.4 Å². The van der Waals surface area contributed by atoms with Crippen molar-refractivity contribution in [2.75, 3.05) is 16.4 Å². The Bertz CT molecular complexity index is 1120. The summed E-state index contributed by atoms with van der Waals surface area (Å²) in [4.78, 5) is 24.9. The van der Waals surface area contributed by atoms with Gasteiger partial charge in [-0.15, -0.1) is 10.2 Å². The van der Waals surface area contributed by atoms with E-state index in [2.05, 4.69) is 34.7 Å². The number of nitrogens with one attached hydrogen (secondary N) is 2. The number of anilines is 2. The van der Waals surface area contributed by atoms with Gasteiger partial charge in [0.1, 0.15) is 5.82 Å². The second kappa shape index (κ2) is 11.1. The number of hydrogen-bond acceptors (Lipinski definition) is 5. The van der Waals surface area contributed by atoms with Crippen molar-refractivity contribution >= 4 is 35.0 Å². The number of carbonyl (C=O) groups is 2. The first-order valence-corrected chi connectivity index (χ1v) is 12.1. The summed E-state index contributed by atoms with van der Waals surface area (Å²) in [5.74, 6) is 0.962. The van der Waals surface area contributed by atoms with E-state index < -0.39 is 0 Å². The van der Waals surface area contributed by atoms with E-state index in [0.717, 1.165) is 16.9 Å². The number of benzene rings is 2. The third-order valence-corrected chi connectivity index (χ3v) is 6.38. The lowest BCUT2D eigenvalue weighted by Gasteiger charge is -2.10. The summed E-state index contributed by atoms with van der Waals surface area (Å²) in [5, 5.41) is 14.8. The molecular formula is C25H31N5O2S. The summed E-state index contributed by atoms with van der Waals surface area (Å²) in [5.41, 5.74) is 5.06. The van der Waals surface area contributed by atoms with Gasteiger partial charge < -0.3 is 15.2 Å². The van der Waals surface area contributed by atoms with Crippen molar-refractivity contribution in [2.45, 2.75) is 58.7 Å². The smallest absolute Gasteiger partial charge is 0.234 e. The Kier molecular flexibility index (Phi) is 8.27. The molecule has 3 aromatic rings. The molecule has 0 saturated heterocycles.